The van der Waals surface area contributed by atoms with E-state index >= 15 is 0 Å². The zero-order valence-corrected chi connectivity index (χ0v) is 4.48. The molecule has 0 bridgehead atoms. The van der Waals surface area contributed by atoms with Crippen molar-refractivity contribution in [2.75, 3.05) is 0 Å². The molecule has 47 valence electrons. The zero-order chi connectivity index (χ0) is 6.69. The van der Waals surface area contributed by atoms with Crippen LogP contribution in [0.5, 0.6) is 0 Å². The van der Waals surface area contributed by atoms with E-state index in [1.54, 1.807) is 0 Å². The second-order valence-electron chi connectivity index (χ2n) is 1.43. The first kappa shape index (κ1) is 5.67. The van der Waals surface area contributed by atoms with Crippen LogP contribution in [0.3, 0.4) is 0 Å². The minimum Gasteiger partial charge on any atom is -0.271 e. The lowest BCUT2D eigenvalue weighted by Gasteiger charge is -1.88. The van der Waals surface area contributed by atoms with Gasteiger partial charge in [-0.25, -0.2) is 4.68 Å². The summed E-state index contributed by atoms with van der Waals surface area (Å²) in [5, 5.41) is 9.92. The molecule has 0 fully saturated rings. The van der Waals surface area contributed by atoms with Crippen LogP contribution in [-0.2, 0) is 11.3 Å². The molecule has 0 saturated carbocycles. The summed E-state index contributed by atoms with van der Waals surface area (Å²) in [5.74, 6) is -0.706. The standard InChI is InChI=1S/C3H4N5O/c4-3(9)1-8-2-5-6-7-8/h2,4H,1H2. The van der Waals surface area contributed by atoms with E-state index in [0.29, 0.717) is 0 Å². The summed E-state index contributed by atoms with van der Waals surface area (Å²) >= 11 is 0. The highest BCUT2D eigenvalue weighted by atomic mass is 16.1. The van der Waals surface area contributed by atoms with Gasteiger partial charge in [0.1, 0.15) is 12.9 Å². The molecule has 1 aromatic heterocycles. The van der Waals surface area contributed by atoms with Crippen LogP contribution in [0.25, 0.3) is 0 Å². The van der Waals surface area contributed by atoms with Crippen molar-refractivity contribution in [1.29, 1.82) is 0 Å². The number of carbonyl (C=O) groups is 1. The molecule has 1 N–H and O–H groups in total. The van der Waals surface area contributed by atoms with Gasteiger partial charge in [-0.2, -0.15) is 0 Å². The van der Waals surface area contributed by atoms with E-state index in [2.05, 4.69) is 15.5 Å². The lowest BCUT2D eigenvalue weighted by atomic mass is 10.6. The second-order valence-corrected chi connectivity index (χ2v) is 1.43. The highest BCUT2D eigenvalue weighted by Crippen LogP contribution is 1.74. The highest BCUT2D eigenvalue weighted by Gasteiger charge is 1.96. The molecule has 0 spiro atoms. The van der Waals surface area contributed by atoms with E-state index < -0.39 is 5.91 Å². The average Bonchev–Trinajstić information content (AvgIpc) is 2.15. The Morgan fingerprint density at radius 3 is 3.00 bits per heavy atom. The number of nitrogens with one attached hydrogen (secondary N) is 1. The number of rotatable bonds is 2. The molecule has 9 heavy (non-hydrogen) atoms. The molecule has 0 saturated heterocycles. The fourth-order valence-corrected chi connectivity index (χ4v) is 0.400. The molecule has 6 nitrogen and oxygen atoms in total. The Kier molecular flexibility index (Phi) is 1.39. The summed E-state index contributed by atoms with van der Waals surface area (Å²) in [5.41, 5.74) is 6.50. The Balaban J connectivity index is 2.58. The van der Waals surface area contributed by atoms with Crippen molar-refractivity contribution >= 4 is 5.91 Å². The van der Waals surface area contributed by atoms with Gasteiger partial charge in [0, 0.05) is 0 Å². The first-order valence-corrected chi connectivity index (χ1v) is 2.24. The summed E-state index contributed by atoms with van der Waals surface area (Å²) in [6.45, 7) is -0.0764. The number of amides is 1. The van der Waals surface area contributed by atoms with E-state index in [-0.39, 0.29) is 6.54 Å². The minimum atomic E-state index is -0.706. The summed E-state index contributed by atoms with van der Waals surface area (Å²) in [4.78, 5) is 10.1. The molecule has 0 aliphatic heterocycles. The number of tetrazole rings is 1. The van der Waals surface area contributed by atoms with Gasteiger partial charge < -0.3 is 0 Å². The number of aromatic nitrogens is 4. The van der Waals surface area contributed by atoms with Gasteiger partial charge in [-0.1, -0.05) is 0 Å². The molecule has 0 aliphatic rings. The van der Waals surface area contributed by atoms with Crippen molar-refractivity contribution in [3.8, 4) is 0 Å². The monoisotopic (exact) mass is 126 g/mol. The van der Waals surface area contributed by atoms with Crippen LogP contribution in [-0.4, -0.2) is 26.1 Å². The molecule has 0 aromatic carbocycles. The molecule has 1 radical (unpaired) electrons. The molecule has 1 aromatic rings. The summed E-state index contributed by atoms with van der Waals surface area (Å²) < 4.78 is 1.19. The average molecular weight is 126 g/mol. The van der Waals surface area contributed by atoms with Gasteiger partial charge in [0.15, 0.2) is 0 Å². The fourth-order valence-electron chi connectivity index (χ4n) is 0.400. The predicted molar refractivity (Wildman–Crippen MR) is 25.9 cm³/mol. The van der Waals surface area contributed by atoms with Gasteiger partial charge in [0.05, 0.1) is 0 Å². The normalized spacial score (nSPS) is 9.33. The van der Waals surface area contributed by atoms with Crippen molar-refractivity contribution in [3.63, 3.8) is 0 Å². The van der Waals surface area contributed by atoms with Crippen LogP contribution >= 0.6 is 0 Å². The Morgan fingerprint density at radius 2 is 2.56 bits per heavy atom. The van der Waals surface area contributed by atoms with Crippen LogP contribution in [0, 0.1) is 0 Å². The van der Waals surface area contributed by atoms with Gasteiger partial charge in [-0.3, -0.25) is 10.5 Å². The number of hydrogen-bond donors (Lipinski definition) is 0. The predicted octanol–water partition coefficient (Wildman–Crippen LogP) is -1.52. The molecule has 1 heterocycles. The Hall–Kier alpha value is -1.46. The quantitative estimate of drug-likeness (QED) is 0.481. The van der Waals surface area contributed by atoms with E-state index in [0.717, 1.165) is 0 Å². The third-order valence-electron chi connectivity index (χ3n) is 0.697. The number of nitrogens with zero attached hydrogens (tertiary/aromatic N) is 4. The third-order valence-corrected chi connectivity index (χ3v) is 0.697. The largest absolute Gasteiger partial charge is 0.271 e. The smallest absolute Gasteiger partial charge is 0.260 e. The first-order chi connectivity index (χ1) is 4.29. The topological polar surface area (TPSA) is 84.5 Å². The van der Waals surface area contributed by atoms with Crippen LogP contribution in [0.4, 0.5) is 0 Å². The van der Waals surface area contributed by atoms with Crippen molar-refractivity contribution in [2.24, 2.45) is 0 Å². The zero-order valence-electron chi connectivity index (χ0n) is 4.48. The Bertz CT molecular complexity index is 192. The SMILES string of the molecule is [NH]C(=O)Cn1cnnn1. The molecule has 0 unspecified atom stereocenters. The number of hydrogen-bond acceptors (Lipinski definition) is 4. The molecular weight excluding hydrogens is 122 g/mol. The lowest BCUT2D eigenvalue weighted by Crippen LogP contribution is -2.10. The van der Waals surface area contributed by atoms with Gasteiger partial charge in [0.25, 0.3) is 5.91 Å². The third kappa shape index (κ3) is 1.48. The van der Waals surface area contributed by atoms with Crippen LogP contribution < -0.4 is 5.73 Å². The Morgan fingerprint density at radius 1 is 1.78 bits per heavy atom. The van der Waals surface area contributed by atoms with Crippen molar-refractivity contribution in [3.05, 3.63) is 6.33 Å². The highest BCUT2D eigenvalue weighted by molar-refractivity contribution is 5.72. The second kappa shape index (κ2) is 2.21. The first-order valence-electron chi connectivity index (χ1n) is 2.24. The Labute approximate surface area is 50.6 Å². The van der Waals surface area contributed by atoms with Crippen molar-refractivity contribution in [2.45, 2.75) is 6.54 Å². The lowest BCUT2D eigenvalue weighted by molar-refractivity contribution is -0.119. The van der Waals surface area contributed by atoms with E-state index in [9.17, 15) is 4.79 Å². The molecular formula is C3H4N5O. The van der Waals surface area contributed by atoms with Gasteiger partial charge in [-0.05, 0) is 10.4 Å². The molecule has 1 rings (SSSR count). The summed E-state index contributed by atoms with van der Waals surface area (Å²) in [7, 11) is 0. The molecule has 0 aliphatic carbocycles. The number of carbonyl (C=O) groups excluding carboxylic acids is 1. The van der Waals surface area contributed by atoms with Gasteiger partial charge in [-0.15, -0.1) is 5.10 Å². The van der Waals surface area contributed by atoms with Gasteiger partial charge in [0.2, 0.25) is 0 Å². The van der Waals surface area contributed by atoms with E-state index in [1.807, 2.05) is 0 Å². The molecule has 0 atom stereocenters. The maximum Gasteiger partial charge on any atom is 0.260 e. The fraction of sp³-hybridized carbons (Fsp3) is 0.333. The summed E-state index contributed by atoms with van der Waals surface area (Å²) in [6, 6.07) is 0. The van der Waals surface area contributed by atoms with Gasteiger partial charge >= 0.3 is 0 Å². The van der Waals surface area contributed by atoms with E-state index in [4.69, 9.17) is 5.73 Å². The minimum absolute atomic E-state index is 0.0764. The van der Waals surface area contributed by atoms with Crippen LogP contribution in [0.1, 0.15) is 0 Å². The molecule has 1 amide bonds. The molecule has 6 heteroatoms. The van der Waals surface area contributed by atoms with E-state index in [1.165, 1.54) is 11.0 Å². The van der Waals surface area contributed by atoms with Crippen LogP contribution in [0.15, 0.2) is 6.33 Å². The van der Waals surface area contributed by atoms with Crippen molar-refractivity contribution in [1.82, 2.24) is 25.9 Å². The maximum atomic E-state index is 10.1. The summed E-state index contributed by atoms with van der Waals surface area (Å²) in [6.07, 6.45) is 1.28. The maximum absolute atomic E-state index is 10.1. The van der Waals surface area contributed by atoms with Crippen LogP contribution in [0.2, 0.25) is 0 Å². The van der Waals surface area contributed by atoms with Crippen molar-refractivity contribution < 1.29 is 4.79 Å².